The zero-order valence-electron chi connectivity index (χ0n) is 19.0. The van der Waals surface area contributed by atoms with Crippen LogP contribution in [-0.4, -0.2) is 36.3 Å². The molecule has 0 bridgehead atoms. The summed E-state index contributed by atoms with van der Waals surface area (Å²) in [6, 6.07) is 17.0. The van der Waals surface area contributed by atoms with Crippen LogP contribution in [-0.2, 0) is 16.0 Å². The van der Waals surface area contributed by atoms with E-state index in [4.69, 9.17) is 0 Å². The van der Waals surface area contributed by atoms with Gasteiger partial charge in [0.15, 0.2) is 0 Å². The van der Waals surface area contributed by atoms with Crippen molar-refractivity contribution in [1.82, 2.24) is 10.2 Å². The minimum Gasteiger partial charge on any atom is -0.356 e. The van der Waals surface area contributed by atoms with Gasteiger partial charge in [0.25, 0.3) is 0 Å². The van der Waals surface area contributed by atoms with Crippen molar-refractivity contribution in [3.8, 4) is 11.1 Å². The van der Waals surface area contributed by atoms with E-state index in [1.807, 2.05) is 11.8 Å². The van der Waals surface area contributed by atoms with Gasteiger partial charge in [0.1, 0.15) is 0 Å². The second-order valence-electron chi connectivity index (χ2n) is 9.48. The molecule has 0 spiro atoms. The molecule has 1 aliphatic carbocycles. The van der Waals surface area contributed by atoms with Gasteiger partial charge in [-0.15, -0.1) is 0 Å². The van der Waals surface area contributed by atoms with Gasteiger partial charge in [0.2, 0.25) is 11.8 Å². The van der Waals surface area contributed by atoms with Crippen LogP contribution >= 0.6 is 0 Å². The summed E-state index contributed by atoms with van der Waals surface area (Å²) >= 11 is 0. The summed E-state index contributed by atoms with van der Waals surface area (Å²) in [5, 5.41) is 3.08. The van der Waals surface area contributed by atoms with Gasteiger partial charge in [-0.05, 0) is 67.7 Å². The Kier molecular flexibility index (Phi) is 6.17. The number of hydrogen-bond donors (Lipinski definition) is 1. The fourth-order valence-electron chi connectivity index (χ4n) is 5.02. The molecule has 2 fully saturated rings. The van der Waals surface area contributed by atoms with Gasteiger partial charge in [0.05, 0.1) is 5.41 Å². The highest BCUT2D eigenvalue weighted by atomic mass is 16.2. The summed E-state index contributed by atoms with van der Waals surface area (Å²) < 4.78 is 0. The van der Waals surface area contributed by atoms with Crippen LogP contribution in [0.5, 0.6) is 0 Å². The molecule has 4 rings (SSSR count). The number of amides is 2. The largest absolute Gasteiger partial charge is 0.356 e. The molecule has 2 amide bonds. The fraction of sp³-hybridized carbons (Fsp3) is 0.481. The second-order valence-corrected chi connectivity index (χ2v) is 9.48. The zero-order valence-corrected chi connectivity index (χ0v) is 19.0. The number of aryl methyl sites for hydroxylation is 1. The van der Waals surface area contributed by atoms with Crippen molar-refractivity contribution < 1.29 is 9.59 Å². The number of carbonyl (C=O) groups excluding carboxylic acids is 2. The highest BCUT2D eigenvalue weighted by molar-refractivity contribution is 5.85. The summed E-state index contributed by atoms with van der Waals surface area (Å²) in [4.78, 5) is 27.9. The Balaban J connectivity index is 1.54. The Morgan fingerprint density at radius 3 is 2.45 bits per heavy atom. The molecule has 4 heteroatoms. The van der Waals surface area contributed by atoms with Crippen LogP contribution in [0.1, 0.15) is 44.2 Å². The molecule has 164 valence electrons. The predicted molar refractivity (Wildman–Crippen MR) is 125 cm³/mol. The Morgan fingerprint density at radius 1 is 1.10 bits per heavy atom. The average molecular weight is 419 g/mol. The van der Waals surface area contributed by atoms with Crippen LogP contribution in [0.4, 0.5) is 0 Å². The molecule has 0 radical (unpaired) electrons. The number of nitrogens with one attached hydrogen (secondary N) is 1. The van der Waals surface area contributed by atoms with Gasteiger partial charge >= 0.3 is 0 Å². The normalized spacial score (nSPS) is 22.1. The minimum absolute atomic E-state index is 0.128. The Morgan fingerprint density at radius 2 is 1.81 bits per heavy atom. The standard InChI is InChI=1S/C27H34N2O2/c1-4-28-26(31)27(12-14-29(15-13-27)25(30)24-16-20(24)3)18-21-9-7-10-22(17-21)23-11-6-5-8-19(23)2/h5-11,17,20,24H,4,12-16,18H2,1-3H3,(H,28,31)/t20-,24+/m1/s1. The highest BCUT2D eigenvalue weighted by Crippen LogP contribution is 2.42. The number of piperidine rings is 1. The summed E-state index contributed by atoms with van der Waals surface area (Å²) in [7, 11) is 0. The second kappa shape index (κ2) is 8.86. The first-order valence-electron chi connectivity index (χ1n) is 11.7. The quantitative estimate of drug-likeness (QED) is 0.745. The van der Waals surface area contributed by atoms with E-state index in [9.17, 15) is 9.59 Å². The first kappa shape index (κ1) is 21.6. The lowest BCUT2D eigenvalue weighted by molar-refractivity contribution is -0.141. The van der Waals surface area contributed by atoms with E-state index in [1.54, 1.807) is 0 Å². The lowest BCUT2D eigenvalue weighted by Gasteiger charge is -2.41. The molecule has 0 unspecified atom stereocenters. The van der Waals surface area contributed by atoms with Crippen molar-refractivity contribution >= 4 is 11.8 Å². The summed E-state index contributed by atoms with van der Waals surface area (Å²) in [5.41, 5.74) is 4.40. The lowest BCUT2D eigenvalue weighted by atomic mass is 9.72. The number of benzene rings is 2. The Bertz CT molecular complexity index is 959. The van der Waals surface area contributed by atoms with E-state index in [-0.39, 0.29) is 11.8 Å². The summed E-state index contributed by atoms with van der Waals surface area (Å²) in [5.74, 6) is 1.15. The lowest BCUT2D eigenvalue weighted by Crippen LogP contribution is -2.51. The first-order chi connectivity index (χ1) is 14.9. The molecule has 1 aliphatic heterocycles. The average Bonchev–Trinajstić information content (AvgIpc) is 3.51. The molecule has 2 atom stereocenters. The van der Waals surface area contributed by atoms with E-state index in [1.165, 1.54) is 22.3 Å². The fourth-order valence-corrected chi connectivity index (χ4v) is 5.02. The Labute approximate surface area is 186 Å². The van der Waals surface area contributed by atoms with Crippen LogP contribution < -0.4 is 5.32 Å². The maximum Gasteiger partial charge on any atom is 0.226 e. The molecule has 2 aromatic carbocycles. The number of hydrogen-bond acceptors (Lipinski definition) is 2. The zero-order chi connectivity index (χ0) is 22.0. The van der Waals surface area contributed by atoms with Crippen molar-refractivity contribution in [2.45, 2.75) is 46.5 Å². The van der Waals surface area contributed by atoms with Crippen LogP contribution in [0.3, 0.4) is 0 Å². The SMILES string of the molecule is CCNC(=O)C1(Cc2cccc(-c3ccccc3C)c2)CCN(C(=O)[C@H]2C[C@H]2C)CC1. The van der Waals surface area contributed by atoms with Crippen molar-refractivity contribution in [3.63, 3.8) is 0 Å². The molecule has 1 heterocycles. The van der Waals surface area contributed by atoms with Crippen LogP contribution in [0, 0.1) is 24.2 Å². The molecule has 4 nitrogen and oxygen atoms in total. The first-order valence-corrected chi connectivity index (χ1v) is 11.7. The molecule has 31 heavy (non-hydrogen) atoms. The molecular weight excluding hydrogens is 384 g/mol. The van der Waals surface area contributed by atoms with Gasteiger partial charge in [0, 0.05) is 25.6 Å². The Hall–Kier alpha value is -2.62. The third-order valence-corrected chi connectivity index (χ3v) is 7.20. The van der Waals surface area contributed by atoms with Crippen molar-refractivity contribution in [2.75, 3.05) is 19.6 Å². The summed E-state index contributed by atoms with van der Waals surface area (Å²) in [6.45, 7) is 8.23. The molecule has 2 aromatic rings. The molecule has 1 saturated carbocycles. The van der Waals surface area contributed by atoms with Gasteiger partial charge < -0.3 is 10.2 Å². The summed E-state index contributed by atoms with van der Waals surface area (Å²) in [6.07, 6.45) is 3.17. The predicted octanol–water partition coefficient (Wildman–Crippen LogP) is 4.61. The number of likely N-dealkylation sites (tertiary alicyclic amines) is 1. The monoisotopic (exact) mass is 418 g/mol. The highest BCUT2D eigenvalue weighted by Gasteiger charge is 2.46. The van der Waals surface area contributed by atoms with Crippen LogP contribution in [0.2, 0.25) is 0 Å². The molecule has 1 saturated heterocycles. The smallest absolute Gasteiger partial charge is 0.226 e. The van der Waals surface area contributed by atoms with Crippen molar-refractivity contribution in [3.05, 3.63) is 59.7 Å². The van der Waals surface area contributed by atoms with E-state index >= 15 is 0 Å². The van der Waals surface area contributed by atoms with Crippen molar-refractivity contribution in [1.29, 1.82) is 0 Å². The van der Waals surface area contributed by atoms with Crippen molar-refractivity contribution in [2.24, 2.45) is 17.3 Å². The number of rotatable bonds is 6. The third-order valence-electron chi connectivity index (χ3n) is 7.20. The molecule has 1 N–H and O–H groups in total. The van der Waals surface area contributed by atoms with Gasteiger partial charge in [-0.2, -0.15) is 0 Å². The maximum absolute atomic E-state index is 13.2. The van der Waals surface area contributed by atoms with Gasteiger partial charge in [-0.1, -0.05) is 55.5 Å². The minimum atomic E-state index is -0.452. The maximum atomic E-state index is 13.2. The molecule has 0 aromatic heterocycles. The van der Waals surface area contributed by atoms with E-state index < -0.39 is 5.41 Å². The molecule has 2 aliphatic rings. The van der Waals surface area contributed by atoms with E-state index in [0.29, 0.717) is 37.9 Å². The van der Waals surface area contributed by atoms with Gasteiger partial charge in [-0.25, -0.2) is 0 Å². The number of nitrogens with zero attached hydrogens (tertiary/aromatic N) is 1. The van der Waals surface area contributed by atoms with Crippen LogP contribution in [0.15, 0.2) is 48.5 Å². The van der Waals surface area contributed by atoms with Gasteiger partial charge in [-0.3, -0.25) is 9.59 Å². The third kappa shape index (κ3) is 4.53. The van der Waals surface area contributed by atoms with E-state index in [0.717, 1.165) is 19.3 Å². The number of carbonyl (C=O) groups is 2. The van der Waals surface area contributed by atoms with E-state index in [2.05, 4.69) is 67.7 Å². The van der Waals surface area contributed by atoms with Crippen LogP contribution in [0.25, 0.3) is 11.1 Å². The molecular formula is C27H34N2O2. The topological polar surface area (TPSA) is 49.4 Å².